The van der Waals surface area contributed by atoms with E-state index in [0.717, 1.165) is 6.42 Å². The third-order valence-electron chi connectivity index (χ3n) is 3.90. The highest BCUT2D eigenvalue weighted by atomic mass is 17.0. The molecule has 0 spiro atoms. The summed E-state index contributed by atoms with van der Waals surface area (Å²) in [4.78, 5) is 38.1. The molecular formula is C14H21NO5. The van der Waals surface area contributed by atoms with Crippen LogP contribution >= 0.6 is 0 Å². The van der Waals surface area contributed by atoms with Gasteiger partial charge < -0.3 is 4.84 Å². The molecule has 0 amide bonds. The maximum Gasteiger partial charge on any atom is 0.295 e. The number of rotatable bonds is 9. The summed E-state index contributed by atoms with van der Waals surface area (Å²) in [5.74, 6) is 0.154. The SMILES string of the molecule is C=CC(CC1C(=O)CCC1CCC(=O)CC)O[N+](=O)[O-]. The van der Waals surface area contributed by atoms with Crippen LogP contribution in [0.25, 0.3) is 0 Å². The first-order valence-corrected chi connectivity index (χ1v) is 6.96. The van der Waals surface area contributed by atoms with Gasteiger partial charge >= 0.3 is 0 Å². The third-order valence-corrected chi connectivity index (χ3v) is 3.90. The Bertz CT molecular complexity index is 393. The van der Waals surface area contributed by atoms with Crippen LogP contribution in [0.3, 0.4) is 0 Å². The van der Waals surface area contributed by atoms with E-state index in [-0.39, 0.29) is 29.8 Å². The number of Topliss-reactive ketones (excluding diaryl/α,β-unsaturated/α-hetero) is 2. The van der Waals surface area contributed by atoms with Crippen LogP contribution in [0.4, 0.5) is 0 Å². The Kier molecular flexibility index (Phi) is 6.35. The average Bonchev–Trinajstić information content (AvgIpc) is 2.75. The predicted molar refractivity (Wildman–Crippen MR) is 72.4 cm³/mol. The van der Waals surface area contributed by atoms with Crippen molar-refractivity contribution in [2.75, 3.05) is 0 Å². The smallest absolute Gasteiger partial charge is 0.295 e. The van der Waals surface area contributed by atoms with Gasteiger partial charge in [-0.2, -0.15) is 0 Å². The minimum atomic E-state index is -0.860. The van der Waals surface area contributed by atoms with Gasteiger partial charge in [0, 0.05) is 25.2 Å². The monoisotopic (exact) mass is 283 g/mol. The standard InChI is InChI=1S/C14H21NO5/c1-3-11(16)7-5-10-6-8-14(17)13(10)9-12(4-2)20-15(18)19/h4,10,12-13H,2-3,5-9H2,1H3. The molecular weight excluding hydrogens is 262 g/mol. The molecule has 0 aromatic heterocycles. The molecule has 6 nitrogen and oxygen atoms in total. The minimum absolute atomic E-state index is 0.109. The first kappa shape index (κ1) is 16.3. The van der Waals surface area contributed by atoms with Crippen LogP contribution in [-0.2, 0) is 14.4 Å². The van der Waals surface area contributed by atoms with Crippen molar-refractivity contribution in [1.29, 1.82) is 0 Å². The highest BCUT2D eigenvalue weighted by Gasteiger charge is 2.36. The van der Waals surface area contributed by atoms with Crippen molar-refractivity contribution >= 4 is 11.6 Å². The van der Waals surface area contributed by atoms with Crippen LogP contribution in [0.5, 0.6) is 0 Å². The summed E-state index contributed by atoms with van der Waals surface area (Å²) in [6.07, 6.45) is 3.75. The molecule has 0 N–H and O–H groups in total. The highest BCUT2D eigenvalue weighted by molar-refractivity contribution is 5.83. The molecule has 20 heavy (non-hydrogen) atoms. The fraction of sp³-hybridized carbons (Fsp3) is 0.714. The predicted octanol–water partition coefficient (Wildman–Crippen LogP) is 2.49. The van der Waals surface area contributed by atoms with E-state index >= 15 is 0 Å². The van der Waals surface area contributed by atoms with Crippen LogP contribution in [0.1, 0.15) is 45.4 Å². The lowest BCUT2D eigenvalue weighted by molar-refractivity contribution is -0.765. The summed E-state index contributed by atoms with van der Waals surface area (Å²) in [7, 11) is 0. The zero-order valence-corrected chi connectivity index (χ0v) is 11.7. The van der Waals surface area contributed by atoms with E-state index in [1.165, 1.54) is 6.08 Å². The molecule has 0 aromatic rings. The summed E-state index contributed by atoms with van der Waals surface area (Å²) < 4.78 is 0. The molecule has 1 aliphatic rings. The van der Waals surface area contributed by atoms with E-state index in [2.05, 4.69) is 11.4 Å². The molecule has 3 atom stereocenters. The first-order valence-electron chi connectivity index (χ1n) is 6.96. The molecule has 0 aliphatic heterocycles. The molecule has 0 aromatic carbocycles. The lowest BCUT2D eigenvalue weighted by Crippen LogP contribution is -2.24. The van der Waals surface area contributed by atoms with Crippen LogP contribution in [0.15, 0.2) is 12.7 Å². The number of hydrogen-bond acceptors (Lipinski definition) is 5. The summed E-state index contributed by atoms with van der Waals surface area (Å²) >= 11 is 0. The summed E-state index contributed by atoms with van der Waals surface area (Å²) in [5.41, 5.74) is 0. The van der Waals surface area contributed by atoms with E-state index in [4.69, 9.17) is 0 Å². The Morgan fingerprint density at radius 3 is 2.90 bits per heavy atom. The maximum atomic E-state index is 11.9. The van der Waals surface area contributed by atoms with E-state index in [0.29, 0.717) is 25.7 Å². The van der Waals surface area contributed by atoms with Crippen molar-refractivity contribution in [3.05, 3.63) is 22.8 Å². The Morgan fingerprint density at radius 1 is 1.65 bits per heavy atom. The molecule has 1 rings (SSSR count). The van der Waals surface area contributed by atoms with Gasteiger partial charge in [0.1, 0.15) is 17.7 Å². The van der Waals surface area contributed by atoms with Gasteiger partial charge in [0.2, 0.25) is 0 Å². The molecule has 3 unspecified atom stereocenters. The van der Waals surface area contributed by atoms with E-state index in [1.54, 1.807) is 0 Å². The number of carbonyl (C=O) groups excluding carboxylic acids is 2. The van der Waals surface area contributed by atoms with Gasteiger partial charge in [-0.15, -0.1) is 16.7 Å². The Labute approximate surface area is 118 Å². The first-order chi connectivity index (χ1) is 9.47. The average molecular weight is 283 g/mol. The minimum Gasteiger partial charge on any atom is -0.306 e. The van der Waals surface area contributed by atoms with Gasteiger partial charge in [-0.3, -0.25) is 9.59 Å². The lowest BCUT2D eigenvalue weighted by atomic mass is 9.86. The quantitative estimate of drug-likeness (QED) is 0.368. The van der Waals surface area contributed by atoms with Gasteiger partial charge in [0.15, 0.2) is 0 Å². The topological polar surface area (TPSA) is 86.5 Å². The molecule has 112 valence electrons. The van der Waals surface area contributed by atoms with Gasteiger partial charge in [0.25, 0.3) is 5.09 Å². The van der Waals surface area contributed by atoms with Crippen molar-refractivity contribution < 1.29 is 19.5 Å². The zero-order chi connectivity index (χ0) is 15.1. The van der Waals surface area contributed by atoms with E-state index in [9.17, 15) is 19.7 Å². The van der Waals surface area contributed by atoms with Gasteiger partial charge in [0.05, 0.1) is 0 Å². The van der Waals surface area contributed by atoms with Crippen LogP contribution < -0.4 is 0 Å². The second-order valence-corrected chi connectivity index (χ2v) is 5.14. The molecule has 6 heteroatoms. The van der Waals surface area contributed by atoms with E-state index < -0.39 is 11.2 Å². The zero-order valence-electron chi connectivity index (χ0n) is 11.7. The van der Waals surface area contributed by atoms with Crippen LogP contribution in [-0.4, -0.2) is 22.8 Å². The molecule has 1 saturated carbocycles. The number of nitrogens with zero attached hydrogens (tertiary/aromatic N) is 1. The fourth-order valence-corrected chi connectivity index (χ4v) is 2.71. The molecule has 0 bridgehead atoms. The van der Waals surface area contributed by atoms with Gasteiger partial charge in [-0.1, -0.05) is 13.0 Å². The van der Waals surface area contributed by atoms with E-state index in [1.807, 2.05) is 6.92 Å². The van der Waals surface area contributed by atoms with Crippen molar-refractivity contribution in [2.45, 2.75) is 51.6 Å². The van der Waals surface area contributed by atoms with Gasteiger partial charge in [-0.05, 0) is 25.2 Å². The number of hydrogen-bond donors (Lipinski definition) is 0. The Balaban J connectivity index is 2.58. The Hall–Kier alpha value is -1.72. The summed E-state index contributed by atoms with van der Waals surface area (Å²) in [6.45, 7) is 5.32. The third kappa shape index (κ3) is 4.75. The maximum absolute atomic E-state index is 11.9. The van der Waals surface area contributed by atoms with Gasteiger partial charge in [-0.25, -0.2) is 0 Å². The molecule has 1 fully saturated rings. The molecule has 0 heterocycles. The second kappa shape index (κ2) is 7.77. The lowest BCUT2D eigenvalue weighted by Gasteiger charge is -2.21. The fourth-order valence-electron chi connectivity index (χ4n) is 2.71. The highest BCUT2D eigenvalue weighted by Crippen LogP contribution is 2.36. The molecule has 0 radical (unpaired) electrons. The normalized spacial score (nSPS) is 23.4. The molecule has 1 aliphatic carbocycles. The summed E-state index contributed by atoms with van der Waals surface area (Å²) in [5, 5.41) is 9.51. The second-order valence-electron chi connectivity index (χ2n) is 5.14. The van der Waals surface area contributed by atoms with Crippen molar-refractivity contribution in [2.24, 2.45) is 11.8 Å². The molecule has 0 saturated heterocycles. The number of ketones is 2. The van der Waals surface area contributed by atoms with Crippen molar-refractivity contribution in [3.8, 4) is 0 Å². The largest absolute Gasteiger partial charge is 0.306 e. The van der Waals surface area contributed by atoms with Crippen molar-refractivity contribution in [3.63, 3.8) is 0 Å². The van der Waals surface area contributed by atoms with Crippen molar-refractivity contribution in [1.82, 2.24) is 0 Å². The number of carbonyl (C=O) groups is 2. The Morgan fingerprint density at radius 2 is 2.35 bits per heavy atom. The summed E-state index contributed by atoms with van der Waals surface area (Å²) in [6, 6.07) is 0. The van der Waals surface area contributed by atoms with Crippen LogP contribution in [0, 0.1) is 22.0 Å². The van der Waals surface area contributed by atoms with Crippen LogP contribution in [0.2, 0.25) is 0 Å².